The average Bonchev–Trinajstić information content (AvgIpc) is 2.46. The zero-order chi connectivity index (χ0) is 16.3. The van der Waals surface area contributed by atoms with E-state index in [1.165, 1.54) is 37.4 Å². The van der Waals surface area contributed by atoms with Gasteiger partial charge < -0.3 is 15.2 Å². The van der Waals surface area contributed by atoms with E-state index >= 15 is 0 Å². The van der Waals surface area contributed by atoms with Gasteiger partial charge in [0.25, 0.3) is 5.91 Å². The molecule has 22 heavy (non-hydrogen) atoms. The molecule has 0 radical (unpaired) electrons. The van der Waals surface area contributed by atoms with Gasteiger partial charge in [-0.25, -0.2) is 13.6 Å². The van der Waals surface area contributed by atoms with Crippen LogP contribution in [0.25, 0.3) is 0 Å². The molecular weight excluding hydrogens is 308 g/mol. The van der Waals surface area contributed by atoms with Crippen LogP contribution in [-0.2, 0) is 10.0 Å². The van der Waals surface area contributed by atoms with E-state index in [1.54, 1.807) is 12.1 Å². The average molecular weight is 322 g/mol. The molecule has 1 amide bonds. The highest BCUT2D eigenvalue weighted by Crippen LogP contribution is 2.28. The number of phenolic OH excluding ortho intramolecular Hbond substituents is 1. The van der Waals surface area contributed by atoms with Crippen LogP contribution in [0.15, 0.2) is 47.4 Å². The number of nitrogens with one attached hydrogen (secondary N) is 1. The zero-order valence-electron chi connectivity index (χ0n) is 11.6. The summed E-state index contributed by atoms with van der Waals surface area (Å²) in [6.45, 7) is 0. The lowest BCUT2D eigenvalue weighted by Crippen LogP contribution is -2.14. The Morgan fingerprint density at radius 2 is 1.82 bits per heavy atom. The van der Waals surface area contributed by atoms with E-state index in [4.69, 9.17) is 9.88 Å². The van der Waals surface area contributed by atoms with Crippen molar-refractivity contribution in [1.82, 2.24) is 0 Å². The van der Waals surface area contributed by atoms with E-state index in [-0.39, 0.29) is 22.0 Å². The molecule has 0 bridgehead atoms. The number of anilines is 1. The summed E-state index contributed by atoms with van der Waals surface area (Å²) in [6, 6.07) is 9.78. The third-order valence-corrected chi connectivity index (χ3v) is 3.82. The summed E-state index contributed by atoms with van der Waals surface area (Å²) in [5.41, 5.74) is 0.336. The largest absolute Gasteiger partial charge is 0.507 e. The summed E-state index contributed by atoms with van der Waals surface area (Å²) in [4.78, 5) is 12.1. The van der Waals surface area contributed by atoms with Crippen molar-refractivity contribution in [2.45, 2.75) is 4.90 Å². The van der Waals surface area contributed by atoms with Gasteiger partial charge in [0, 0.05) is 5.69 Å². The SMILES string of the molecule is COc1cccc(O)c1C(=O)Nc1ccc(S(N)(=O)=O)cc1. The van der Waals surface area contributed by atoms with E-state index < -0.39 is 15.9 Å². The lowest BCUT2D eigenvalue weighted by Gasteiger charge is -2.11. The summed E-state index contributed by atoms with van der Waals surface area (Å²) in [5.74, 6) is -0.588. The van der Waals surface area contributed by atoms with Crippen molar-refractivity contribution in [3.8, 4) is 11.5 Å². The van der Waals surface area contributed by atoms with Crippen molar-refractivity contribution in [3.05, 3.63) is 48.0 Å². The summed E-state index contributed by atoms with van der Waals surface area (Å²) in [5, 5.41) is 17.3. The molecule has 2 rings (SSSR count). The van der Waals surface area contributed by atoms with Gasteiger partial charge in [0.1, 0.15) is 17.1 Å². The number of hydrogen-bond acceptors (Lipinski definition) is 5. The van der Waals surface area contributed by atoms with Crippen molar-refractivity contribution in [2.75, 3.05) is 12.4 Å². The molecule has 0 atom stereocenters. The predicted octanol–water partition coefficient (Wildman–Crippen LogP) is 1.30. The molecule has 8 heteroatoms. The highest BCUT2D eigenvalue weighted by atomic mass is 32.2. The Kier molecular flexibility index (Phi) is 4.34. The first-order chi connectivity index (χ1) is 10.3. The van der Waals surface area contributed by atoms with Crippen LogP contribution in [0.2, 0.25) is 0 Å². The number of methoxy groups -OCH3 is 1. The summed E-state index contributed by atoms with van der Waals surface area (Å²) >= 11 is 0. The number of benzene rings is 2. The monoisotopic (exact) mass is 322 g/mol. The summed E-state index contributed by atoms with van der Waals surface area (Å²) in [7, 11) is -2.41. The topological polar surface area (TPSA) is 119 Å². The minimum atomic E-state index is -3.79. The quantitative estimate of drug-likeness (QED) is 0.784. The molecule has 0 aliphatic carbocycles. The van der Waals surface area contributed by atoms with Crippen LogP contribution in [-0.4, -0.2) is 26.5 Å². The lowest BCUT2D eigenvalue weighted by atomic mass is 10.1. The van der Waals surface area contributed by atoms with Crippen LogP contribution in [0.4, 0.5) is 5.69 Å². The number of nitrogens with two attached hydrogens (primary N) is 1. The first-order valence-corrected chi connectivity index (χ1v) is 7.67. The third-order valence-electron chi connectivity index (χ3n) is 2.89. The maximum absolute atomic E-state index is 12.2. The second-order valence-electron chi connectivity index (χ2n) is 4.38. The number of carbonyl (C=O) groups excluding carboxylic acids is 1. The van der Waals surface area contributed by atoms with Crippen molar-refractivity contribution in [2.24, 2.45) is 5.14 Å². The third kappa shape index (κ3) is 3.35. The second kappa shape index (κ2) is 6.04. The van der Waals surface area contributed by atoms with Gasteiger partial charge >= 0.3 is 0 Å². The minimum absolute atomic E-state index is 0.0134. The lowest BCUT2D eigenvalue weighted by molar-refractivity contribution is 0.102. The van der Waals surface area contributed by atoms with Gasteiger partial charge in [0.2, 0.25) is 10.0 Å². The number of phenols is 1. The van der Waals surface area contributed by atoms with Crippen molar-refractivity contribution in [1.29, 1.82) is 0 Å². The normalized spacial score (nSPS) is 11.0. The van der Waals surface area contributed by atoms with E-state index in [0.717, 1.165) is 0 Å². The van der Waals surface area contributed by atoms with Crippen LogP contribution in [0.1, 0.15) is 10.4 Å². The van der Waals surface area contributed by atoms with Crippen molar-refractivity contribution in [3.63, 3.8) is 0 Å². The molecule has 0 fully saturated rings. The number of primary sulfonamides is 1. The number of sulfonamides is 1. The maximum Gasteiger partial charge on any atom is 0.263 e. The zero-order valence-corrected chi connectivity index (χ0v) is 12.4. The molecule has 116 valence electrons. The summed E-state index contributed by atoms with van der Waals surface area (Å²) < 4.78 is 27.3. The fourth-order valence-corrected chi connectivity index (χ4v) is 2.35. The molecule has 7 nitrogen and oxygen atoms in total. The standard InChI is InChI=1S/C14H14N2O5S/c1-21-12-4-2-3-11(17)13(12)14(18)16-9-5-7-10(8-6-9)22(15,19)20/h2-8,17H,1H3,(H,16,18)(H2,15,19,20). The Hall–Kier alpha value is -2.58. The number of rotatable bonds is 4. The van der Waals surface area contributed by atoms with Gasteiger partial charge in [-0.15, -0.1) is 0 Å². The Bertz CT molecular complexity index is 800. The van der Waals surface area contributed by atoms with Gasteiger partial charge in [0.15, 0.2) is 0 Å². The van der Waals surface area contributed by atoms with Crippen LogP contribution >= 0.6 is 0 Å². The molecule has 2 aromatic rings. The Morgan fingerprint density at radius 3 is 2.36 bits per heavy atom. The molecule has 0 saturated heterocycles. The molecule has 0 spiro atoms. The highest BCUT2D eigenvalue weighted by Gasteiger charge is 2.17. The second-order valence-corrected chi connectivity index (χ2v) is 5.94. The molecule has 0 heterocycles. The molecule has 2 aromatic carbocycles. The Morgan fingerprint density at radius 1 is 1.18 bits per heavy atom. The van der Waals surface area contributed by atoms with E-state index in [9.17, 15) is 18.3 Å². The predicted molar refractivity (Wildman–Crippen MR) is 80.4 cm³/mol. The highest BCUT2D eigenvalue weighted by molar-refractivity contribution is 7.89. The van der Waals surface area contributed by atoms with Gasteiger partial charge in [0.05, 0.1) is 12.0 Å². The van der Waals surface area contributed by atoms with E-state index in [1.807, 2.05) is 0 Å². The molecule has 0 aromatic heterocycles. The van der Waals surface area contributed by atoms with Crippen molar-refractivity contribution >= 4 is 21.6 Å². The smallest absolute Gasteiger partial charge is 0.263 e. The van der Waals surface area contributed by atoms with Gasteiger partial charge in [-0.3, -0.25) is 4.79 Å². The first kappa shape index (κ1) is 15.8. The molecular formula is C14H14N2O5S. The Balaban J connectivity index is 2.26. The molecule has 0 aliphatic rings. The van der Waals surface area contributed by atoms with Crippen LogP contribution in [0.5, 0.6) is 11.5 Å². The number of carbonyl (C=O) groups is 1. The van der Waals surface area contributed by atoms with Crippen LogP contribution in [0.3, 0.4) is 0 Å². The molecule has 0 saturated carbocycles. The number of aromatic hydroxyl groups is 1. The molecule has 0 unspecified atom stereocenters. The van der Waals surface area contributed by atoms with Gasteiger partial charge in [-0.05, 0) is 36.4 Å². The fourth-order valence-electron chi connectivity index (χ4n) is 1.84. The van der Waals surface area contributed by atoms with E-state index in [0.29, 0.717) is 5.69 Å². The van der Waals surface area contributed by atoms with Crippen LogP contribution in [0, 0.1) is 0 Å². The van der Waals surface area contributed by atoms with Gasteiger partial charge in [-0.2, -0.15) is 0 Å². The number of amides is 1. The number of ether oxygens (including phenoxy) is 1. The summed E-state index contributed by atoms with van der Waals surface area (Å²) in [6.07, 6.45) is 0. The van der Waals surface area contributed by atoms with Crippen molar-refractivity contribution < 1.29 is 23.1 Å². The van der Waals surface area contributed by atoms with Gasteiger partial charge in [-0.1, -0.05) is 6.07 Å². The molecule has 4 N–H and O–H groups in total. The Labute approximate surface area is 127 Å². The number of hydrogen-bond donors (Lipinski definition) is 3. The van der Waals surface area contributed by atoms with Crippen LogP contribution < -0.4 is 15.2 Å². The fraction of sp³-hybridized carbons (Fsp3) is 0.0714. The van der Waals surface area contributed by atoms with E-state index in [2.05, 4.69) is 5.32 Å². The minimum Gasteiger partial charge on any atom is -0.507 e. The maximum atomic E-state index is 12.2. The first-order valence-electron chi connectivity index (χ1n) is 6.13. The molecule has 0 aliphatic heterocycles.